The van der Waals surface area contributed by atoms with E-state index in [1.807, 2.05) is 0 Å². The molecule has 0 fully saturated rings. The SMILES string of the molecule is COc1cc2c(cc1OC)C(CCO)CCC2. The zero-order valence-electron chi connectivity index (χ0n) is 10.5. The molecule has 0 saturated heterocycles. The minimum absolute atomic E-state index is 0.248. The van der Waals surface area contributed by atoms with Crippen molar-refractivity contribution in [2.75, 3.05) is 20.8 Å². The van der Waals surface area contributed by atoms with Crippen molar-refractivity contribution in [3.05, 3.63) is 23.3 Å². The summed E-state index contributed by atoms with van der Waals surface area (Å²) in [5, 5.41) is 9.12. The third-order valence-corrected chi connectivity index (χ3v) is 3.56. The number of aliphatic hydroxyl groups is 1. The van der Waals surface area contributed by atoms with E-state index in [2.05, 4.69) is 12.1 Å². The minimum Gasteiger partial charge on any atom is -0.493 e. The normalized spacial score (nSPS) is 18.6. The monoisotopic (exact) mass is 236 g/mol. The summed E-state index contributed by atoms with van der Waals surface area (Å²) in [7, 11) is 3.33. The van der Waals surface area contributed by atoms with E-state index < -0.39 is 0 Å². The van der Waals surface area contributed by atoms with Crippen LogP contribution in [0.25, 0.3) is 0 Å². The Morgan fingerprint density at radius 1 is 1.24 bits per heavy atom. The molecule has 17 heavy (non-hydrogen) atoms. The highest BCUT2D eigenvalue weighted by molar-refractivity contribution is 5.49. The van der Waals surface area contributed by atoms with Crippen LogP contribution in [0.15, 0.2) is 12.1 Å². The Balaban J connectivity index is 2.39. The molecule has 1 atom stereocenters. The van der Waals surface area contributed by atoms with E-state index in [0.717, 1.165) is 30.8 Å². The van der Waals surface area contributed by atoms with E-state index in [4.69, 9.17) is 14.6 Å². The van der Waals surface area contributed by atoms with Gasteiger partial charge in [0.1, 0.15) is 0 Å². The van der Waals surface area contributed by atoms with Crippen LogP contribution in [-0.2, 0) is 6.42 Å². The van der Waals surface area contributed by atoms with Gasteiger partial charge >= 0.3 is 0 Å². The van der Waals surface area contributed by atoms with Crippen LogP contribution in [0.5, 0.6) is 11.5 Å². The largest absolute Gasteiger partial charge is 0.493 e. The highest BCUT2D eigenvalue weighted by Crippen LogP contribution is 2.40. The van der Waals surface area contributed by atoms with Crippen LogP contribution in [0.4, 0.5) is 0 Å². The fourth-order valence-electron chi connectivity index (χ4n) is 2.68. The summed E-state index contributed by atoms with van der Waals surface area (Å²) in [6.07, 6.45) is 4.27. The molecule has 0 amide bonds. The standard InChI is InChI=1S/C14H20O3/c1-16-13-8-11-5-3-4-10(6-7-15)12(11)9-14(13)17-2/h8-10,15H,3-7H2,1-2H3. The van der Waals surface area contributed by atoms with Crippen LogP contribution < -0.4 is 9.47 Å². The molecular weight excluding hydrogens is 216 g/mol. The average Bonchev–Trinajstić information content (AvgIpc) is 2.38. The third-order valence-electron chi connectivity index (χ3n) is 3.56. The molecule has 0 spiro atoms. The van der Waals surface area contributed by atoms with Crippen LogP contribution in [-0.4, -0.2) is 25.9 Å². The van der Waals surface area contributed by atoms with Gasteiger partial charge in [-0.25, -0.2) is 0 Å². The van der Waals surface area contributed by atoms with E-state index in [9.17, 15) is 0 Å². The van der Waals surface area contributed by atoms with E-state index in [0.29, 0.717) is 5.92 Å². The fraction of sp³-hybridized carbons (Fsp3) is 0.571. The lowest BCUT2D eigenvalue weighted by molar-refractivity contribution is 0.269. The minimum atomic E-state index is 0.248. The molecule has 0 saturated carbocycles. The number of aliphatic hydroxyl groups excluding tert-OH is 1. The molecule has 1 aromatic rings. The summed E-state index contributed by atoms with van der Waals surface area (Å²) < 4.78 is 10.7. The Morgan fingerprint density at radius 3 is 2.59 bits per heavy atom. The van der Waals surface area contributed by atoms with E-state index in [-0.39, 0.29) is 6.61 Å². The molecule has 1 aliphatic carbocycles. The van der Waals surface area contributed by atoms with Crippen molar-refractivity contribution in [2.45, 2.75) is 31.6 Å². The molecule has 0 radical (unpaired) electrons. The molecule has 0 bridgehead atoms. The van der Waals surface area contributed by atoms with Crippen LogP contribution >= 0.6 is 0 Å². The predicted octanol–water partition coefficient (Wildman–Crippen LogP) is 2.51. The van der Waals surface area contributed by atoms with Crippen LogP contribution in [0, 0.1) is 0 Å². The molecule has 3 nitrogen and oxygen atoms in total. The first-order valence-electron chi connectivity index (χ1n) is 6.15. The fourth-order valence-corrected chi connectivity index (χ4v) is 2.68. The zero-order valence-corrected chi connectivity index (χ0v) is 10.5. The van der Waals surface area contributed by atoms with Gasteiger partial charge in [-0.2, -0.15) is 0 Å². The lowest BCUT2D eigenvalue weighted by atomic mass is 9.81. The summed E-state index contributed by atoms with van der Waals surface area (Å²) in [6, 6.07) is 4.16. The number of benzene rings is 1. The molecular formula is C14H20O3. The Morgan fingerprint density at radius 2 is 1.94 bits per heavy atom. The molecule has 1 N–H and O–H groups in total. The van der Waals surface area contributed by atoms with Gasteiger partial charge in [-0.05, 0) is 54.9 Å². The smallest absolute Gasteiger partial charge is 0.161 e. The lowest BCUT2D eigenvalue weighted by Gasteiger charge is -2.26. The molecule has 1 unspecified atom stereocenters. The first-order valence-corrected chi connectivity index (χ1v) is 6.15. The zero-order chi connectivity index (χ0) is 12.3. The lowest BCUT2D eigenvalue weighted by Crippen LogP contribution is -2.12. The van der Waals surface area contributed by atoms with Gasteiger partial charge in [-0.3, -0.25) is 0 Å². The van der Waals surface area contributed by atoms with Crippen molar-refractivity contribution in [2.24, 2.45) is 0 Å². The second-order valence-corrected chi connectivity index (χ2v) is 4.51. The number of fused-ring (bicyclic) bond motifs is 1. The van der Waals surface area contributed by atoms with Crippen molar-refractivity contribution in [1.82, 2.24) is 0 Å². The van der Waals surface area contributed by atoms with Crippen molar-refractivity contribution in [3.8, 4) is 11.5 Å². The first kappa shape index (κ1) is 12.2. The predicted molar refractivity (Wildman–Crippen MR) is 66.9 cm³/mol. The summed E-state index contributed by atoms with van der Waals surface area (Å²) in [6.45, 7) is 0.248. The number of ether oxygens (including phenoxy) is 2. The molecule has 3 heteroatoms. The second kappa shape index (κ2) is 5.41. The van der Waals surface area contributed by atoms with Crippen molar-refractivity contribution >= 4 is 0 Å². The molecule has 0 aliphatic heterocycles. The maximum absolute atomic E-state index is 9.12. The maximum Gasteiger partial charge on any atom is 0.161 e. The maximum atomic E-state index is 9.12. The number of rotatable bonds is 4. The van der Waals surface area contributed by atoms with Crippen LogP contribution in [0.3, 0.4) is 0 Å². The molecule has 94 valence electrons. The topological polar surface area (TPSA) is 38.7 Å². The molecule has 0 aromatic heterocycles. The highest BCUT2D eigenvalue weighted by Gasteiger charge is 2.22. The first-order chi connectivity index (χ1) is 8.30. The van der Waals surface area contributed by atoms with Crippen molar-refractivity contribution < 1.29 is 14.6 Å². The van der Waals surface area contributed by atoms with Gasteiger partial charge < -0.3 is 14.6 Å². The van der Waals surface area contributed by atoms with Gasteiger partial charge in [0.25, 0.3) is 0 Å². The Hall–Kier alpha value is -1.22. The van der Waals surface area contributed by atoms with E-state index >= 15 is 0 Å². The second-order valence-electron chi connectivity index (χ2n) is 4.51. The number of aryl methyl sites for hydroxylation is 1. The Labute approximate surface area is 102 Å². The number of methoxy groups -OCH3 is 2. The van der Waals surface area contributed by atoms with Crippen molar-refractivity contribution in [1.29, 1.82) is 0 Å². The third kappa shape index (κ3) is 2.39. The van der Waals surface area contributed by atoms with Gasteiger partial charge in [-0.15, -0.1) is 0 Å². The van der Waals surface area contributed by atoms with Gasteiger partial charge in [-0.1, -0.05) is 0 Å². The molecule has 1 aliphatic rings. The van der Waals surface area contributed by atoms with Crippen LogP contribution in [0.1, 0.15) is 36.3 Å². The van der Waals surface area contributed by atoms with Crippen LogP contribution in [0.2, 0.25) is 0 Å². The molecule has 1 aromatic carbocycles. The van der Waals surface area contributed by atoms with Crippen molar-refractivity contribution in [3.63, 3.8) is 0 Å². The average molecular weight is 236 g/mol. The quantitative estimate of drug-likeness (QED) is 0.873. The van der Waals surface area contributed by atoms with E-state index in [1.165, 1.54) is 17.5 Å². The molecule has 0 heterocycles. The Kier molecular flexibility index (Phi) is 3.89. The summed E-state index contributed by atoms with van der Waals surface area (Å²) in [4.78, 5) is 0. The van der Waals surface area contributed by atoms with E-state index in [1.54, 1.807) is 14.2 Å². The van der Waals surface area contributed by atoms with Gasteiger partial charge in [0, 0.05) is 6.61 Å². The van der Waals surface area contributed by atoms with Gasteiger partial charge in [0.2, 0.25) is 0 Å². The number of hydrogen-bond donors (Lipinski definition) is 1. The summed E-state index contributed by atoms with van der Waals surface area (Å²) in [5.41, 5.74) is 2.66. The number of hydrogen-bond acceptors (Lipinski definition) is 3. The summed E-state index contributed by atoms with van der Waals surface area (Å²) >= 11 is 0. The van der Waals surface area contributed by atoms with Gasteiger partial charge in [0.05, 0.1) is 14.2 Å². The van der Waals surface area contributed by atoms with Gasteiger partial charge in [0.15, 0.2) is 11.5 Å². The molecule has 2 rings (SSSR count). The summed E-state index contributed by atoms with van der Waals surface area (Å²) in [5.74, 6) is 2.05. The Bertz CT molecular complexity index is 387. The highest BCUT2D eigenvalue weighted by atomic mass is 16.5.